The predicted octanol–water partition coefficient (Wildman–Crippen LogP) is 2.39. The Morgan fingerprint density at radius 3 is 2.91 bits per heavy atom. The average molecular weight is 329 g/mol. The molecule has 2 heterocycles. The Morgan fingerprint density at radius 1 is 1.30 bits per heavy atom. The standard InChI is InChI=1S/C18H19NO3S/c20-10-18(7-8-22-11-18)19-17(21)15-9-13-6-5-12-3-1-2-4-14(12)16(13)23-15/h1-4,9,20H,5-8,10-11H2,(H,19,21). The van der Waals surface area contributed by atoms with Crippen LogP contribution >= 0.6 is 11.3 Å². The van der Waals surface area contributed by atoms with Gasteiger partial charge in [0.1, 0.15) is 0 Å². The number of fused-ring (bicyclic) bond motifs is 3. The van der Waals surface area contributed by atoms with Crippen molar-refractivity contribution >= 4 is 17.2 Å². The SMILES string of the molecule is O=C(NC1(CO)CCOC1)c1cc2c(s1)-c1ccccc1CC2. The van der Waals surface area contributed by atoms with Gasteiger partial charge >= 0.3 is 0 Å². The highest BCUT2D eigenvalue weighted by atomic mass is 32.1. The van der Waals surface area contributed by atoms with E-state index in [9.17, 15) is 9.90 Å². The molecule has 1 saturated heterocycles. The number of thiophene rings is 1. The number of ether oxygens (including phenoxy) is 1. The van der Waals surface area contributed by atoms with E-state index in [-0.39, 0.29) is 12.5 Å². The molecule has 1 aromatic heterocycles. The summed E-state index contributed by atoms with van der Waals surface area (Å²) in [5.41, 5.74) is 3.22. The molecule has 1 aromatic carbocycles. The Morgan fingerprint density at radius 2 is 2.13 bits per heavy atom. The number of aryl methyl sites for hydroxylation is 2. The molecule has 2 aromatic rings. The van der Waals surface area contributed by atoms with Crippen LogP contribution in [0.1, 0.15) is 27.2 Å². The third kappa shape index (κ3) is 2.59. The molecule has 1 unspecified atom stereocenters. The van der Waals surface area contributed by atoms with Crippen molar-refractivity contribution in [3.8, 4) is 10.4 Å². The van der Waals surface area contributed by atoms with Gasteiger partial charge in [0.25, 0.3) is 5.91 Å². The van der Waals surface area contributed by atoms with Gasteiger partial charge in [0.05, 0.1) is 23.6 Å². The summed E-state index contributed by atoms with van der Waals surface area (Å²) in [7, 11) is 0. The minimum atomic E-state index is -0.626. The molecule has 0 spiro atoms. The Balaban J connectivity index is 1.62. The largest absolute Gasteiger partial charge is 0.394 e. The number of aliphatic hydroxyl groups excluding tert-OH is 1. The fraction of sp³-hybridized carbons (Fsp3) is 0.389. The Bertz CT molecular complexity index is 746. The van der Waals surface area contributed by atoms with Crippen LogP contribution in [0.5, 0.6) is 0 Å². The smallest absolute Gasteiger partial charge is 0.261 e. The predicted molar refractivity (Wildman–Crippen MR) is 89.9 cm³/mol. The Kier molecular flexibility index (Phi) is 3.71. The summed E-state index contributed by atoms with van der Waals surface area (Å²) in [6.45, 7) is 0.866. The average Bonchev–Trinajstić information content (AvgIpc) is 3.22. The molecule has 0 bridgehead atoms. The minimum Gasteiger partial charge on any atom is -0.394 e. The summed E-state index contributed by atoms with van der Waals surface area (Å²) in [4.78, 5) is 14.5. The number of nitrogens with one attached hydrogen (secondary N) is 1. The zero-order valence-corrected chi connectivity index (χ0v) is 13.6. The van der Waals surface area contributed by atoms with Gasteiger partial charge in [0.15, 0.2) is 0 Å². The molecular weight excluding hydrogens is 310 g/mol. The van der Waals surface area contributed by atoms with Crippen LogP contribution in [0.4, 0.5) is 0 Å². The quantitative estimate of drug-likeness (QED) is 0.909. The number of hydrogen-bond donors (Lipinski definition) is 2. The maximum Gasteiger partial charge on any atom is 0.261 e. The van der Waals surface area contributed by atoms with Crippen molar-refractivity contribution in [2.24, 2.45) is 0 Å². The van der Waals surface area contributed by atoms with Crippen molar-refractivity contribution in [1.29, 1.82) is 0 Å². The molecule has 1 fully saturated rings. The lowest BCUT2D eigenvalue weighted by Crippen LogP contribution is -2.51. The third-order valence-corrected chi connectivity index (χ3v) is 5.95. The number of amides is 1. The number of hydrogen-bond acceptors (Lipinski definition) is 4. The molecular formula is C18H19NO3S. The molecule has 0 radical (unpaired) electrons. The van der Waals surface area contributed by atoms with Gasteiger partial charge in [-0.25, -0.2) is 0 Å². The zero-order valence-electron chi connectivity index (χ0n) is 12.8. The Hall–Kier alpha value is -1.69. The lowest BCUT2D eigenvalue weighted by molar-refractivity contribution is 0.0793. The van der Waals surface area contributed by atoms with E-state index in [2.05, 4.69) is 23.5 Å². The third-order valence-electron chi connectivity index (χ3n) is 4.74. The second-order valence-electron chi connectivity index (χ2n) is 6.32. The van der Waals surface area contributed by atoms with Crippen molar-refractivity contribution in [2.45, 2.75) is 24.8 Å². The summed E-state index contributed by atoms with van der Waals surface area (Å²) in [6.07, 6.45) is 2.66. The van der Waals surface area contributed by atoms with Crippen LogP contribution in [-0.2, 0) is 17.6 Å². The Labute approximate surface area is 139 Å². The zero-order chi connectivity index (χ0) is 15.9. The number of rotatable bonds is 3. The first-order valence-corrected chi connectivity index (χ1v) is 8.74. The monoisotopic (exact) mass is 329 g/mol. The second kappa shape index (κ2) is 5.74. The minimum absolute atomic E-state index is 0.0906. The van der Waals surface area contributed by atoms with Crippen molar-refractivity contribution in [2.75, 3.05) is 19.8 Å². The first-order valence-electron chi connectivity index (χ1n) is 7.93. The van der Waals surface area contributed by atoms with Crippen molar-refractivity contribution in [3.05, 3.63) is 46.3 Å². The molecule has 0 saturated carbocycles. The summed E-state index contributed by atoms with van der Waals surface area (Å²) >= 11 is 1.54. The molecule has 5 heteroatoms. The molecule has 1 amide bonds. The van der Waals surface area contributed by atoms with Gasteiger partial charge in [-0.05, 0) is 42.0 Å². The highest BCUT2D eigenvalue weighted by molar-refractivity contribution is 7.17. The summed E-state index contributed by atoms with van der Waals surface area (Å²) in [5, 5.41) is 12.6. The van der Waals surface area contributed by atoms with Crippen molar-refractivity contribution in [3.63, 3.8) is 0 Å². The van der Waals surface area contributed by atoms with Gasteiger partial charge in [0, 0.05) is 11.5 Å². The van der Waals surface area contributed by atoms with E-state index >= 15 is 0 Å². The first-order chi connectivity index (χ1) is 11.2. The summed E-state index contributed by atoms with van der Waals surface area (Å²) in [6, 6.07) is 10.4. The maximum absolute atomic E-state index is 12.6. The summed E-state index contributed by atoms with van der Waals surface area (Å²) < 4.78 is 5.34. The molecule has 2 N–H and O–H groups in total. The molecule has 120 valence electrons. The molecule has 1 atom stereocenters. The topological polar surface area (TPSA) is 58.6 Å². The molecule has 23 heavy (non-hydrogen) atoms. The lowest BCUT2D eigenvalue weighted by Gasteiger charge is -2.25. The molecule has 4 rings (SSSR count). The molecule has 4 nitrogen and oxygen atoms in total. The lowest BCUT2D eigenvalue weighted by atomic mass is 9.91. The van der Waals surface area contributed by atoms with E-state index in [1.807, 2.05) is 12.1 Å². The van der Waals surface area contributed by atoms with Gasteiger partial charge < -0.3 is 15.2 Å². The van der Waals surface area contributed by atoms with Crippen LogP contribution < -0.4 is 5.32 Å². The van der Waals surface area contributed by atoms with E-state index in [4.69, 9.17) is 4.74 Å². The van der Waals surface area contributed by atoms with Crippen LogP contribution in [0.15, 0.2) is 30.3 Å². The molecule has 1 aliphatic carbocycles. The van der Waals surface area contributed by atoms with Gasteiger partial charge in [-0.3, -0.25) is 4.79 Å². The highest BCUT2D eigenvalue weighted by Gasteiger charge is 2.36. The number of carbonyl (C=O) groups excluding carboxylic acids is 1. The van der Waals surface area contributed by atoms with Gasteiger partial charge in [-0.1, -0.05) is 24.3 Å². The fourth-order valence-electron chi connectivity index (χ4n) is 3.36. The first kappa shape index (κ1) is 14.9. The van der Waals surface area contributed by atoms with Crippen LogP contribution in [0.3, 0.4) is 0 Å². The summed E-state index contributed by atoms with van der Waals surface area (Å²) in [5.74, 6) is -0.110. The number of aliphatic hydroxyl groups is 1. The van der Waals surface area contributed by atoms with E-state index in [0.29, 0.717) is 24.5 Å². The van der Waals surface area contributed by atoms with Gasteiger partial charge in [-0.15, -0.1) is 11.3 Å². The van der Waals surface area contributed by atoms with Gasteiger partial charge in [-0.2, -0.15) is 0 Å². The normalized spacial score (nSPS) is 22.5. The van der Waals surface area contributed by atoms with Crippen molar-refractivity contribution < 1.29 is 14.6 Å². The molecule has 2 aliphatic rings. The van der Waals surface area contributed by atoms with Crippen LogP contribution in [0.25, 0.3) is 10.4 Å². The van der Waals surface area contributed by atoms with Gasteiger partial charge in [0.2, 0.25) is 0 Å². The van der Waals surface area contributed by atoms with E-state index < -0.39 is 5.54 Å². The second-order valence-corrected chi connectivity index (χ2v) is 7.37. The van der Waals surface area contributed by atoms with E-state index in [1.54, 1.807) is 11.3 Å². The van der Waals surface area contributed by atoms with E-state index in [1.165, 1.54) is 21.6 Å². The maximum atomic E-state index is 12.6. The van der Waals surface area contributed by atoms with Crippen LogP contribution in [0.2, 0.25) is 0 Å². The van der Waals surface area contributed by atoms with E-state index in [0.717, 1.165) is 12.8 Å². The fourth-order valence-corrected chi connectivity index (χ4v) is 4.52. The van der Waals surface area contributed by atoms with Crippen molar-refractivity contribution in [1.82, 2.24) is 5.32 Å². The van der Waals surface area contributed by atoms with Crippen LogP contribution in [-0.4, -0.2) is 36.4 Å². The number of benzene rings is 1. The molecule has 1 aliphatic heterocycles. The highest BCUT2D eigenvalue weighted by Crippen LogP contribution is 2.39. The number of carbonyl (C=O) groups is 1. The van der Waals surface area contributed by atoms with Crippen LogP contribution in [0, 0.1) is 0 Å².